The van der Waals surface area contributed by atoms with Gasteiger partial charge < -0.3 is 20.1 Å². The van der Waals surface area contributed by atoms with Crippen LogP contribution in [0.25, 0.3) is 0 Å². The Bertz CT molecular complexity index is 407. The highest BCUT2D eigenvalue weighted by Crippen LogP contribution is 2.30. The van der Waals surface area contributed by atoms with Gasteiger partial charge in [0, 0.05) is 33.0 Å². The third-order valence-corrected chi connectivity index (χ3v) is 3.18. The van der Waals surface area contributed by atoms with Crippen LogP contribution in [-0.2, 0) is 9.47 Å². The Morgan fingerprint density at radius 2 is 1.56 bits per heavy atom. The number of ether oxygens (including phenoxy) is 2. The number of methoxy groups -OCH3 is 2. The predicted octanol–water partition coefficient (Wildman–Crippen LogP) is 1.40. The number of benzene rings is 1. The van der Waals surface area contributed by atoms with Gasteiger partial charge in [0.05, 0.1) is 0 Å². The van der Waals surface area contributed by atoms with E-state index in [4.69, 9.17) is 15.2 Å². The summed E-state index contributed by atoms with van der Waals surface area (Å²) in [4.78, 5) is 1.58. The van der Waals surface area contributed by atoms with Gasteiger partial charge in [-0.3, -0.25) is 0 Å². The largest absolute Gasteiger partial charge is 0.399 e. The third-order valence-electron chi connectivity index (χ3n) is 3.18. The van der Waals surface area contributed by atoms with Crippen molar-refractivity contribution < 1.29 is 18.3 Å². The second-order valence-electron chi connectivity index (χ2n) is 4.29. The summed E-state index contributed by atoms with van der Waals surface area (Å²) in [6.45, 7) is 0.763. The molecule has 2 unspecified atom stereocenters. The molecule has 1 aliphatic heterocycles. The first-order valence-electron chi connectivity index (χ1n) is 5.62. The van der Waals surface area contributed by atoms with Crippen molar-refractivity contribution in [2.75, 3.05) is 37.9 Å². The lowest BCUT2D eigenvalue weighted by molar-refractivity contribution is -0.00461. The maximum absolute atomic E-state index is 13.8. The van der Waals surface area contributed by atoms with Crippen molar-refractivity contribution in [1.82, 2.24) is 0 Å². The minimum atomic E-state index is -0.667. The van der Waals surface area contributed by atoms with Gasteiger partial charge in [0.15, 0.2) is 11.6 Å². The van der Waals surface area contributed by atoms with Crippen LogP contribution in [0.5, 0.6) is 0 Å². The van der Waals surface area contributed by atoms with Gasteiger partial charge in [-0.1, -0.05) is 0 Å². The van der Waals surface area contributed by atoms with Gasteiger partial charge in [-0.05, 0) is 12.1 Å². The molecule has 1 aromatic carbocycles. The number of anilines is 2. The molecule has 0 bridgehead atoms. The number of rotatable bonds is 3. The van der Waals surface area contributed by atoms with Crippen molar-refractivity contribution in [3.8, 4) is 0 Å². The Kier molecular flexibility index (Phi) is 3.68. The van der Waals surface area contributed by atoms with E-state index in [0.29, 0.717) is 13.1 Å². The van der Waals surface area contributed by atoms with Crippen LogP contribution in [-0.4, -0.2) is 39.5 Å². The van der Waals surface area contributed by atoms with Crippen LogP contribution in [0.15, 0.2) is 12.1 Å². The Balaban J connectivity index is 2.28. The highest BCUT2D eigenvalue weighted by atomic mass is 19.1. The molecule has 0 spiro atoms. The highest BCUT2D eigenvalue weighted by molar-refractivity contribution is 5.56. The lowest BCUT2D eigenvalue weighted by Crippen LogP contribution is -2.27. The molecule has 6 heteroatoms. The average molecular weight is 258 g/mol. The summed E-state index contributed by atoms with van der Waals surface area (Å²) in [6, 6.07) is 2.22. The summed E-state index contributed by atoms with van der Waals surface area (Å²) < 4.78 is 38.0. The number of hydrogen-bond donors (Lipinski definition) is 1. The minimum Gasteiger partial charge on any atom is -0.399 e. The molecule has 0 amide bonds. The standard InChI is InChI=1S/C12H16F2N2O2/c1-17-10-5-16(6-11(10)18-2)12-8(13)3-7(15)4-9(12)14/h3-4,10-11H,5-6,15H2,1-2H3. The zero-order chi connectivity index (χ0) is 13.3. The molecule has 1 aromatic rings. The fraction of sp³-hybridized carbons (Fsp3) is 0.500. The smallest absolute Gasteiger partial charge is 0.151 e. The minimum absolute atomic E-state index is 0.0690. The Morgan fingerprint density at radius 3 is 1.94 bits per heavy atom. The van der Waals surface area contributed by atoms with Crippen LogP contribution in [0, 0.1) is 11.6 Å². The molecule has 18 heavy (non-hydrogen) atoms. The van der Waals surface area contributed by atoms with E-state index in [2.05, 4.69) is 0 Å². The summed E-state index contributed by atoms with van der Waals surface area (Å²) in [5.41, 5.74) is 5.38. The summed E-state index contributed by atoms with van der Waals surface area (Å²) in [6.07, 6.45) is -0.405. The molecule has 0 aromatic heterocycles. The first-order valence-corrected chi connectivity index (χ1v) is 5.62. The van der Waals surface area contributed by atoms with E-state index in [1.807, 2.05) is 0 Å². The molecule has 4 nitrogen and oxygen atoms in total. The van der Waals surface area contributed by atoms with E-state index in [9.17, 15) is 8.78 Å². The first-order chi connectivity index (χ1) is 8.56. The van der Waals surface area contributed by atoms with Gasteiger partial charge in [-0.15, -0.1) is 0 Å². The molecule has 0 aliphatic carbocycles. The van der Waals surface area contributed by atoms with E-state index in [1.54, 1.807) is 19.1 Å². The van der Waals surface area contributed by atoms with Crippen LogP contribution in [0.3, 0.4) is 0 Å². The van der Waals surface area contributed by atoms with Gasteiger partial charge in [-0.2, -0.15) is 0 Å². The fourth-order valence-corrected chi connectivity index (χ4v) is 2.27. The van der Waals surface area contributed by atoms with E-state index in [-0.39, 0.29) is 23.6 Å². The van der Waals surface area contributed by atoms with Gasteiger partial charge >= 0.3 is 0 Å². The molecular weight excluding hydrogens is 242 g/mol. The van der Waals surface area contributed by atoms with Crippen molar-refractivity contribution in [3.63, 3.8) is 0 Å². The van der Waals surface area contributed by atoms with Crippen LogP contribution in [0.1, 0.15) is 0 Å². The quantitative estimate of drug-likeness (QED) is 0.832. The Hall–Kier alpha value is -1.40. The first kappa shape index (κ1) is 13.0. The topological polar surface area (TPSA) is 47.7 Å². The molecule has 2 rings (SSSR count). The lowest BCUT2D eigenvalue weighted by Gasteiger charge is -2.19. The van der Waals surface area contributed by atoms with Crippen molar-refractivity contribution in [3.05, 3.63) is 23.8 Å². The van der Waals surface area contributed by atoms with E-state index < -0.39 is 11.6 Å². The number of nitrogens with zero attached hydrogens (tertiary/aromatic N) is 1. The van der Waals surface area contributed by atoms with Gasteiger partial charge in [0.25, 0.3) is 0 Å². The lowest BCUT2D eigenvalue weighted by atomic mass is 10.2. The molecule has 100 valence electrons. The number of nitrogens with two attached hydrogens (primary N) is 1. The van der Waals surface area contributed by atoms with Crippen molar-refractivity contribution in [2.45, 2.75) is 12.2 Å². The molecule has 0 radical (unpaired) electrons. The Morgan fingerprint density at radius 1 is 1.11 bits per heavy atom. The van der Waals surface area contributed by atoms with Crippen LogP contribution in [0.2, 0.25) is 0 Å². The number of hydrogen-bond acceptors (Lipinski definition) is 4. The molecule has 1 saturated heterocycles. The van der Waals surface area contributed by atoms with E-state index >= 15 is 0 Å². The molecule has 1 heterocycles. The van der Waals surface area contributed by atoms with Gasteiger partial charge in [0.2, 0.25) is 0 Å². The predicted molar refractivity (Wildman–Crippen MR) is 64.6 cm³/mol. The molecule has 2 atom stereocenters. The monoisotopic (exact) mass is 258 g/mol. The summed E-state index contributed by atoms with van der Waals surface area (Å²) in [7, 11) is 3.10. The van der Waals surface area contributed by atoms with Crippen molar-refractivity contribution in [1.29, 1.82) is 0 Å². The highest BCUT2D eigenvalue weighted by Gasteiger charge is 2.35. The maximum Gasteiger partial charge on any atom is 0.151 e. The second kappa shape index (κ2) is 5.07. The molecule has 0 saturated carbocycles. The molecule has 1 fully saturated rings. The number of nitrogen functional groups attached to an aromatic ring is 1. The summed E-state index contributed by atoms with van der Waals surface area (Å²) in [5.74, 6) is -1.33. The molecule has 2 N–H and O–H groups in total. The second-order valence-corrected chi connectivity index (χ2v) is 4.29. The maximum atomic E-state index is 13.8. The zero-order valence-corrected chi connectivity index (χ0v) is 10.3. The van der Waals surface area contributed by atoms with Crippen molar-refractivity contribution in [2.24, 2.45) is 0 Å². The number of halogens is 2. The van der Waals surface area contributed by atoms with Gasteiger partial charge in [0.1, 0.15) is 17.9 Å². The normalized spacial score (nSPS) is 23.7. The van der Waals surface area contributed by atoms with Crippen LogP contribution < -0.4 is 10.6 Å². The fourth-order valence-electron chi connectivity index (χ4n) is 2.27. The molecular formula is C12H16F2N2O2. The molecule has 1 aliphatic rings. The Labute approximate surface area is 104 Å². The van der Waals surface area contributed by atoms with Crippen molar-refractivity contribution >= 4 is 11.4 Å². The zero-order valence-electron chi connectivity index (χ0n) is 10.3. The summed E-state index contributed by atoms with van der Waals surface area (Å²) >= 11 is 0. The summed E-state index contributed by atoms with van der Waals surface area (Å²) in [5, 5.41) is 0. The van der Waals surface area contributed by atoms with E-state index in [0.717, 1.165) is 12.1 Å². The van der Waals surface area contributed by atoms with Gasteiger partial charge in [-0.25, -0.2) is 8.78 Å². The average Bonchev–Trinajstić information content (AvgIpc) is 2.70. The van der Waals surface area contributed by atoms with E-state index in [1.165, 1.54) is 0 Å². The third kappa shape index (κ3) is 2.26. The van der Waals surface area contributed by atoms with Crippen LogP contribution in [0.4, 0.5) is 20.2 Å². The van der Waals surface area contributed by atoms with Crippen LogP contribution >= 0.6 is 0 Å². The SMILES string of the molecule is COC1CN(c2c(F)cc(N)cc2F)CC1OC.